The van der Waals surface area contributed by atoms with Gasteiger partial charge in [-0.15, -0.1) is 0 Å². The van der Waals surface area contributed by atoms with Crippen LogP contribution in [0.4, 0.5) is 0 Å². The molecule has 0 aliphatic carbocycles. The Hall–Kier alpha value is -2.17. The van der Waals surface area contributed by atoms with E-state index in [-0.39, 0.29) is 0 Å². The highest BCUT2D eigenvalue weighted by Crippen LogP contribution is 2.26. The second-order valence-electron chi connectivity index (χ2n) is 6.50. The Morgan fingerprint density at radius 2 is 2.16 bits per heavy atom. The van der Waals surface area contributed by atoms with E-state index in [2.05, 4.69) is 61.6 Å². The van der Waals surface area contributed by atoms with Crippen LogP contribution in [0.25, 0.3) is 22.2 Å². The Balaban J connectivity index is 1.66. The second-order valence-corrected chi connectivity index (χ2v) is 7.23. The van der Waals surface area contributed by atoms with E-state index >= 15 is 0 Å². The summed E-state index contributed by atoms with van der Waals surface area (Å²) < 4.78 is 4.26. The van der Waals surface area contributed by atoms with Gasteiger partial charge >= 0.3 is 0 Å². The maximum absolute atomic E-state index is 4.63. The van der Waals surface area contributed by atoms with Crippen LogP contribution in [0, 0.1) is 0 Å². The van der Waals surface area contributed by atoms with Crippen molar-refractivity contribution in [1.29, 1.82) is 0 Å². The smallest absolute Gasteiger partial charge is 0.0901 e. The summed E-state index contributed by atoms with van der Waals surface area (Å²) in [5.41, 5.74) is 4.34. The highest BCUT2D eigenvalue weighted by atomic mass is 31.1. The first-order valence-corrected chi connectivity index (χ1v) is 9.89. The van der Waals surface area contributed by atoms with Gasteiger partial charge < -0.3 is 10.3 Å². The van der Waals surface area contributed by atoms with Crippen molar-refractivity contribution in [3.63, 3.8) is 0 Å². The van der Waals surface area contributed by atoms with E-state index in [1.165, 1.54) is 0 Å². The van der Waals surface area contributed by atoms with Gasteiger partial charge in [-0.2, -0.15) is 5.10 Å². The fraction of sp³-hybridized carbons (Fsp3) is 0.389. The van der Waals surface area contributed by atoms with E-state index in [0.29, 0.717) is 6.04 Å². The van der Waals surface area contributed by atoms with Crippen molar-refractivity contribution < 1.29 is 0 Å². The lowest BCUT2D eigenvalue weighted by atomic mass is 10.1. The van der Waals surface area contributed by atoms with Crippen molar-refractivity contribution in [3.8, 4) is 11.1 Å². The van der Waals surface area contributed by atoms with Gasteiger partial charge in [0, 0.05) is 36.8 Å². The van der Waals surface area contributed by atoms with Crippen molar-refractivity contribution in [2.45, 2.75) is 18.9 Å². The van der Waals surface area contributed by atoms with Gasteiger partial charge in [0.15, 0.2) is 0 Å². The van der Waals surface area contributed by atoms with Gasteiger partial charge in [-0.3, -0.25) is 14.3 Å². The maximum atomic E-state index is 4.63. The molecule has 1 aliphatic heterocycles. The molecule has 1 N–H and O–H groups in total. The topological polar surface area (TPSA) is 50.9 Å². The largest absolute Gasteiger partial charge is 0.317 e. The Kier molecular flexibility index (Phi) is 4.55. The van der Waals surface area contributed by atoms with Crippen molar-refractivity contribution in [2.24, 2.45) is 0 Å². The molecule has 1 fully saturated rings. The molecule has 3 aromatic rings. The third-order valence-electron chi connectivity index (χ3n) is 4.81. The number of hydrogen-bond donors (Lipinski definition) is 1. The minimum absolute atomic E-state index is 0.498. The monoisotopic (exact) mass is 354 g/mol. The number of pyridine rings is 1. The van der Waals surface area contributed by atoms with E-state index in [0.717, 1.165) is 62.6 Å². The standard InChI is InChI=1S/C18H23N6P/c1-22(13-25-2)24-8-5-17-18(24)9-14(10-20-17)15-11-21-23(12-15)16-3-6-19-7-4-16/h5,8-12,16,19H,2-4,6-7,13H2,1H3. The molecule has 0 saturated carbocycles. The van der Waals surface area contributed by atoms with Gasteiger partial charge in [0.25, 0.3) is 0 Å². The first-order valence-electron chi connectivity index (χ1n) is 8.62. The molecule has 0 unspecified atom stereocenters. The summed E-state index contributed by atoms with van der Waals surface area (Å²) in [6.45, 7) is 2.14. The number of fused-ring (bicyclic) bond motifs is 1. The van der Waals surface area contributed by atoms with Crippen LogP contribution in [0.3, 0.4) is 0 Å². The molecule has 0 spiro atoms. The molecule has 7 heteroatoms. The van der Waals surface area contributed by atoms with Gasteiger partial charge in [0.05, 0.1) is 29.6 Å². The van der Waals surface area contributed by atoms with Crippen LogP contribution in [0.1, 0.15) is 18.9 Å². The molecule has 0 bridgehead atoms. The molecule has 0 radical (unpaired) electrons. The average Bonchev–Trinajstić information content (AvgIpc) is 3.29. The van der Waals surface area contributed by atoms with Crippen LogP contribution in [-0.4, -0.2) is 52.2 Å². The highest BCUT2D eigenvalue weighted by Gasteiger charge is 2.16. The molecule has 3 aromatic heterocycles. The molecule has 6 nitrogen and oxygen atoms in total. The van der Waals surface area contributed by atoms with Crippen LogP contribution in [0.2, 0.25) is 0 Å². The zero-order valence-corrected chi connectivity index (χ0v) is 15.4. The van der Waals surface area contributed by atoms with Gasteiger partial charge in [-0.1, -0.05) is 14.5 Å². The summed E-state index contributed by atoms with van der Waals surface area (Å²) in [5, 5.41) is 10.2. The molecule has 4 heterocycles. The molecule has 0 amide bonds. The summed E-state index contributed by atoms with van der Waals surface area (Å²) in [6.07, 6.45) is 15.2. The van der Waals surface area contributed by atoms with Gasteiger partial charge in [-0.25, -0.2) is 0 Å². The first kappa shape index (κ1) is 16.3. The van der Waals surface area contributed by atoms with Crippen LogP contribution in [0.5, 0.6) is 0 Å². The van der Waals surface area contributed by atoms with E-state index < -0.39 is 0 Å². The summed E-state index contributed by atoms with van der Waals surface area (Å²) in [4.78, 5) is 4.63. The fourth-order valence-electron chi connectivity index (χ4n) is 3.42. The summed E-state index contributed by atoms with van der Waals surface area (Å²) >= 11 is 0. The SMILES string of the molecule is C=PCN(C)n1ccc2ncc(-c3cnn(C4CCNCC4)c3)cc21. The molecule has 130 valence electrons. The van der Waals surface area contributed by atoms with E-state index in [4.69, 9.17) is 0 Å². The minimum Gasteiger partial charge on any atom is -0.317 e. The lowest BCUT2D eigenvalue weighted by Gasteiger charge is -2.22. The van der Waals surface area contributed by atoms with Crippen LogP contribution < -0.4 is 10.3 Å². The predicted molar refractivity (Wildman–Crippen MR) is 105 cm³/mol. The minimum atomic E-state index is 0.498. The summed E-state index contributed by atoms with van der Waals surface area (Å²) in [7, 11) is 3.16. The Labute approximate surface area is 149 Å². The normalized spacial score (nSPS) is 15.9. The first-order chi connectivity index (χ1) is 12.3. The lowest BCUT2D eigenvalue weighted by molar-refractivity contribution is 0.343. The van der Waals surface area contributed by atoms with Crippen LogP contribution >= 0.6 is 8.20 Å². The number of aromatic nitrogens is 4. The lowest BCUT2D eigenvalue weighted by Crippen LogP contribution is -2.29. The quantitative estimate of drug-likeness (QED) is 0.716. The zero-order chi connectivity index (χ0) is 17.2. The summed E-state index contributed by atoms with van der Waals surface area (Å²) in [6, 6.07) is 4.74. The third-order valence-corrected chi connectivity index (χ3v) is 5.42. The maximum Gasteiger partial charge on any atom is 0.0901 e. The molecule has 4 rings (SSSR count). The van der Waals surface area contributed by atoms with Gasteiger partial charge in [0.2, 0.25) is 0 Å². The molecular formula is C18H23N6P. The third kappa shape index (κ3) is 3.20. The van der Waals surface area contributed by atoms with Crippen LogP contribution in [-0.2, 0) is 0 Å². The zero-order valence-electron chi connectivity index (χ0n) is 14.5. The fourth-order valence-corrected chi connectivity index (χ4v) is 3.85. The number of nitrogens with zero attached hydrogens (tertiary/aromatic N) is 5. The van der Waals surface area contributed by atoms with Crippen molar-refractivity contribution in [1.82, 2.24) is 24.8 Å². The molecule has 0 aromatic carbocycles. The van der Waals surface area contributed by atoms with Crippen molar-refractivity contribution >= 4 is 25.5 Å². The van der Waals surface area contributed by atoms with Crippen LogP contribution in [0.15, 0.2) is 36.9 Å². The van der Waals surface area contributed by atoms with E-state index in [1.54, 1.807) is 0 Å². The van der Waals surface area contributed by atoms with E-state index in [9.17, 15) is 0 Å². The average molecular weight is 354 g/mol. The molecular weight excluding hydrogens is 331 g/mol. The number of hydrogen-bond acceptors (Lipinski definition) is 4. The molecule has 1 saturated heterocycles. The molecule has 1 aliphatic rings. The highest BCUT2D eigenvalue weighted by molar-refractivity contribution is 7.36. The Morgan fingerprint density at radius 1 is 1.32 bits per heavy atom. The second kappa shape index (κ2) is 6.98. The predicted octanol–water partition coefficient (Wildman–Crippen LogP) is 2.73. The van der Waals surface area contributed by atoms with Crippen molar-refractivity contribution in [3.05, 3.63) is 36.9 Å². The van der Waals surface area contributed by atoms with Gasteiger partial charge in [0.1, 0.15) is 0 Å². The Morgan fingerprint density at radius 3 is 2.96 bits per heavy atom. The van der Waals surface area contributed by atoms with E-state index in [1.807, 2.05) is 18.5 Å². The number of rotatable bonds is 5. The number of nitrogens with one attached hydrogen (secondary N) is 1. The number of piperidine rings is 1. The summed E-state index contributed by atoms with van der Waals surface area (Å²) in [5.74, 6) is 0. The van der Waals surface area contributed by atoms with Gasteiger partial charge in [-0.05, 0) is 38.1 Å². The molecule has 25 heavy (non-hydrogen) atoms. The Bertz CT molecular complexity index is 877. The molecule has 0 atom stereocenters. The van der Waals surface area contributed by atoms with Crippen molar-refractivity contribution in [2.75, 3.05) is 31.4 Å².